The molecule has 0 aromatic heterocycles. The third-order valence-corrected chi connectivity index (χ3v) is 5.10. The summed E-state index contributed by atoms with van der Waals surface area (Å²) in [6, 6.07) is 14.7. The molecule has 2 N–H and O–H groups in total. The number of carbonyl (C=O) groups excluding carboxylic acids is 1. The third-order valence-electron chi connectivity index (χ3n) is 4.50. The zero-order valence-electron chi connectivity index (χ0n) is 17.2. The Morgan fingerprint density at radius 1 is 1.14 bits per heavy atom. The van der Waals surface area contributed by atoms with Crippen LogP contribution in [0.4, 0.5) is 4.39 Å². The topological polar surface area (TPSA) is 56.7 Å². The highest BCUT2D eigenvalue weighted by Crippen LogP contribution is 2.16. The minimum Gasteiger partial charge on any atom is -0.352 e. The van der Waals surface area contributed by atoms with Crippen molar-refractivity contribution in [1.29, 1.82) is 0 Å². The molecule has 2 aromatic carbocycles. The van der Waals surface area contributed by atoms with Gasteiger partial charge in [0, 0.05) is 32.4 Å². The number of aliphatic imine (C=N–C) groups is 1. The number of amides is 1. The molecule has 0 fully saturated rings. The van der Waals surface area contributed by atoms with Gasteiger partial charge in [0.1, 0.15) is 5.82 Å². The zero-order valence-corrected chi connectivity index (χ0v) is 18.1. The van der Waals surface area contributed by atoms with E-state index >= 15 is 0 Å². The van der Waals surface area contributed by atoms with Gasteiger partial charge in [-0.05, 0) is 42.0 Å². The molecule has 0 heterocycles. The average molecular weight is 417 g/mol. The Kier molecular flexibility index (Phi) is 9.50. The quantitative estimate of drug-likeness (QED) is 0.486. The molecule has 0 aliphatic carbocycles. The lowest BCUT2D eigenvalue weighted by Gasteiger charge is -2.22. The Bertz CT molecular complexity index is 814. The van der Waals surface area contributed by atoms with Crippen LogP contribution in [0.2, 0.25) is 0 Å². The van der Waals surface area contributed by atoms with Crippen molar-refractivity contribution >= 4 is 23.6 Å². The summed E-state index contributed by atoms with van der Waals surface area (Å²) in [5.41, 5.74) is 3.06. The number of guanidine groups is 1. The van der Waals surface area contributed by atoms with Gasteiger partial charge in [0.15, 0.2) is 5.96 Å². The molecule has 2 rings (SSSR count). The van der Waals surface area contributed by atoms with Gasteiger partial charge in [0.2, 0.25) is 5.91 Å². The lowest BCUT2D eigenvalue weighted by atomic mass is 10.1. The average Bonchev–Trinajstić information content (AvgIpc) is 2.74. The van der Waals surface area contributed by atoms with Gasteiger partial charge in [-0.25, -0.2) is 4.39 Å². The smallest absolute Gasteiger partial charge is 0.242 e. The van der Waals surface area contributed by atoms with Crippen LogP contribution in [-0.2, 0) is 23.6 Å². The summed E-state index contributed by atoms with van der Waals surface area (Å²) in [5.74, 6) is 1.05. The number of carbonyl (C=O) groups is 1. The first-order valence-corrected chi connectivity index (χ1v) is 11.0. The van der Waals surface area contributed by atoms with Gasteiger partial charge >= 0.3 is 0 Å². The van der Waals surface area contributed by atoms with E-state index in [0.29, 0.717) is 25.6 Å². The number of hydrogen-bond acceptors (Lipinski definition) is 3. The van der Waals surface area contributed by atoms with Gasteiger partial charge < -0.3 is 15.5 Å². The Hall–Kier alpha value is -2.54. The first kappa shape index (κ1) is 22.7. The van der Waals surface area contributed by atoms with Crippen LogP contribution < -0.4 is 10.6 Å². The second-order valence-corrected chi connectivity index (χ2v) is 7.38. The van der Waals surface area contributed by atoms with E-state index in [-0.39, 0.29) is 18.3 Å². The number of benzene rings is 2. The predicted molar refractivity (Wildman–Crippen MR) is 119 cm³/mol. The van der Waals surface area contributed by atoms with Crippen molar-refractivity contribution < 1.29 is 9.18 Å². The van der Waals surface area contributed by atoms with Crippen molar-refractivity contribution in [2.45, 2.75) is 25.8 Å². The molecule has 0 bridgehead atoms. The molecule has 1 amide bonds. The maximum Gasteiger partial charge on any atom is 0.242 e. The molecule has 0 radical (unpaired) electrons. The lowest BCUT2D eigenvalue weighted by molar-refractivity contribution is -0.130. The molecule has 29 heavy (non-hydrogen) atoms. The number of halogens is 1. The minimum absolute atomic E-state index is 0.00385. The van der Waals surface area contributed by atoms with Gasteiger partial charge in [-0.1, -0.05) is 36.4 Å². The van der Waals surface area contributed by atoms with Crippen molar-refractivity contribution in [1.82, 2.24) is 15.5 Å². The molecule has 2 aromatic rings. The van der Waals surface area contributed by atoms with Crippen molar-refractivity contribution in [3.63, 3.8) is 0 Å². The molecule has 0 spiro atoms. The fourth-order valence-corrected chi connectivity index (χ4v) is 3.49. The monoisotopic (exact) mass is 416 g/mol. The molecule has 5 nitrogen and oxygen atoms in total. The highest BCUT2D eigenvalue weighted by atomic mass is 32.2. The van der Waals surface area contributed by atoms with Gasteiger partial charge in [-0.3, -0.25) is 9.79 Å². The van der Waals surface area contributed by atoms with Crippen LogP contribution in [0, 0.1) is 5.82 Å². The third kappa shape index (κ3) is 7.42. The van der Waals surface area contributed by atoms with Crippen LogP contribution in [0.15, 0.2) is 53.5 Å². The van der Waals surface area contributed by atoms with E-state index in [1.165, 1.54) is 6.07 Å². The number of likely N-dealkylation sites (N-methyl/N-ethyl adjacent to an activating group) is 1. The number of rotatable bonds is 9. The van der Waals surface area contributed by atoms with E-state index < -0.39 is 0 Å². The fourth-order valence-electron chi connectivity index (χ4n) is 2.91. The number of thioether (sulfide) groups is 1. The van der Waals surface area contributed by atoms with Crippen molar-refractivity contribution in [3.05, 3.63) is 71.0 Å². The molecule has 0 saturated carbocycles. The van der Waals surface area contributed by atoms with Crippen LogP contribution in [-0.4, -0.2) is 43.2 Å². The first-order chi connectivity index (χ1) is 14.1. The lowest BCUT2D eigenvalue weighted by Crippen LogP contribution is -2.44. The molecule has 0 atom stereocenters. The highest BCUT2D eigenvalue weighted by molar-refractivity contribution is 7.97. The summed E-state index contributed by atoms with van der Waals surface area (Å²) < 4.78 is 13.5. The van der Waals surface area contributed by atoms with E-state index in [0.717, 1.165) is 22.4 Å². The van der Waals surface area contributed by atoms with Crippen LogP contribution >= 0.6 is 11.8 Å². The Balaban J connectivity index is 1.89. The molecular weight excluding hydrogens is 387 g/mol. The minimum atomic E-state index is -0.232. The largest absolute Gasteiger partial charge is 0.352 e. The van der Waals surface area contributed by atoms with Crippen LogP contribution in [0.25, 0.3) is 0 Å². The molecule has 7 heteroatoms. The van der Waals surface area contributed by atoms with E-state index in [9.17, 15) is 9.18 Å². The second-order valence-electron chi connectivity index (χ2n) is 6.52. The fraction of sp³-hybridized carbons (Fsp3) is 0.364. The van der Waals surface area contributed by atoms with Gasteiger partial charge in [-0.15, -0.1) is 0 Å². The molecule has 0 unspecified atom stereocenters. The normalized spacial score (nSPS) is 11.2. The molecule has 0 aliphatic heterocycles. The van der Waals surface area contributed by atoms with E-state index in [4.69, 9.17) is 0 Å². The van der Waals surface area contributed by atoms with Crippen molar-refractivity contribution in [3.8, 4) is 0 Å². The van der Waals surface area contributed by atoms with Gasteiger partial charge in [0.25, 0.3) is 0 Å². The predicted octanol–water partition coefficient (Wildman–Crippen LogP) is 3.40. The van der Waals surface area contributed by atoms with Crippen molar-refractivity contribution in [2.75, 3.05) is 26.4 Å². The molecule has 0 aliphatic rings. The van der Waals surface area contributed by atoms with Crippen molar-refractivity contribution in [2.24, 2.45) is 4.99 Å². The zero-order chi connectivity index (χ0) is 21.1. The van der Waals surface area contributed by atoms with E-state index in [1.807, 2.05) is 43.5 Å². The summed E-state index contributed by atoms with van der Waals surface area (Å²) in [7, 11) is 1.66. The Labute approximate surface area is 176 Å². The van der Waals surface area contributed by atoms with Gasteiger partial charge in [0.05, 0.1) is 6.54 Å². The number of hydrogen-bond donors (Lipinski definition) is 2. The highest BCUT2D eigenvalue weighted by Gasteiger charge is 2.13. The molecule has 156 valence electrons. The number of nitrogens with one attached hydrogen (secondary N) is 2. The maximum absolute atomic E-state index is 13.5. The van der Waals surface area contributed by atoms with Crippen LogP contribution in [0.1, 0.15) is 23.6 Å². The first-order valence-electron chi connectivity index (χ1n) is 9.59. The van der Waals surface area contributed by atoms with Crippen LogP contribution in [0.5, 0.6) is 0 Å². The van der Waals surface area contributed by atoms with Crippen LogP contribution in [0.3, 0.4) is 0 Å². The SMILES string of the molecule is CCN(Cc1ccccc1)C(=O)CNC(=NC)NCc1ccc(F)cc1CSC. The standard InChI is InChI=1S/C22H29FN4OS/c1-4-27(15-17-8-6-5-7-9-17)21(28)14-26-22(24-2)25-13-18-10-11-20(23)12-19(18)16-29-3/h5-12H,4,13-16H2,1-3H3,(H2,24,25,26). The summed E-state index contributed by atoms with van der Waals surface area (Å²) in [6.07, 6.45) is 1.99. The Morgan fingerprint density at radius 2 is 1.90 bits per heavy atom. The summed E-state index contributed by atoms with van der Waals surface area (Å²) in [4.78, 5) is 18.6. The maximum atomic E-state index is 13.5. The summed E-state index contributed by atoms with van der Waals surface area (Å²) in [6.45, 7) is 3.84. The summed E-state index contributed by atoms with van der Waals surface area (Å²) in [5, 5.41) is 6.27. The number of nitrogens with zero attached hydrogens (tertiary/aromatic N) is 2. The molecule has 0 saturated heterocycles. The second kappa shape index (κ2) is 12.1. The summed E-state index contributed by atoms with van der Waals surface area (Å²) >= 11 is 1.65. The van der Waals surface area contributed by atoms with E-state index in [1.54, 1.807) is 35.8 Å². The molecular formula is C22H29FN4OS. The Morgan fingerprint density at radius 3 is 2.55 bits per heavy atom. The van der Waals surface area contributed by atoms with Gasteiger partial charge in [-0.2, -0.15) is 11.8 Å². The van der Waals surface area contributed by atoms with E-state index in [2.05, 4.69) is 15.6 Å².